The average molecular weight is 327 g/mol. The molecule has 108 valence electrons. The quantitative estimate of drug-likeness (QED) is 0.813. The Morgan fingerprint density at radius 3 is 2.42 bits per heavy atom. The monoisotopic (exact) mass is 326 g/mol. The Hall–Kier alpha value is -0.380. The number of nitrogens with two attached hydrogens (primary N) is 1. The van der Waals surface area contributed by atoms with Gasteiger partial charge in [-0.2, -0.15) is 0 Å². The first kappa shape index (κ1) is 16.7. The molecule has 0 aliphatic heterocycles. The highest BCUT2D eigenvalue weighted by Gasteiger charge is 2.25. The maximum Gasteiger partial charge on any atom is 0.0499 e. The highest BCUT2D eigenvalue weighted by molar-refractivity contribution is 9.10. The maximum atomic E-state index is 6.39. The van der Waals surface area contributed by atoms with Gasteiger partial charge in [-0.05, 0) is 36.6 Å². The second-order valence-corrected chi connectivity index (χ2v) is 6.47. The molecule has 0 aliphatic carbocycles. The number of nitrogens with zero attached hydrogens (tertiary/aromatic N) is 1. The molecule has 1 aromatic rings. The first-order chi connectivity index (χ1) is 8.99. The highest BCUT2D eigenvalue weighted by Crippen LogP contribution is 2.27. The van der Waals surface area contributed by atoms with Crippen molar-refractivity contribution in [1.29, 1.82) is 0 Å². The minimum Gasteiger partial charge on any atom is -0.326 e. The van der Waals surface area contributed by atoms with Crippen molar-refractivity contribution >= 4 is 15.9 Å². The molecular weight excluding hydrogens is 300 g/mol. The van der Waals surface area contributed by atoms with Crippen molar-refractivity contribution in [1.82, 2.24) is 4.90 Å². The molecule has 0 heterocycles. The van der Waals surface area contributed by atoms with Crippen LogP contribution in [0.25, 0.3) is 0 Å². The second kappa shape index (κ2) is 8.03. The molecule has 0 aromatic heterocycles. The number of hydrogen-bond donors (Lipinski definition) is 1. The van der Waals surface area contributed by atoms with E-state index in [0.29, 0.717) is 12.0 Å². The summed E-state index contributed by atoms with van der Waals surface area (Å²) in [5.74, 6) is 0.652. The fourth-order valence-corrected chi connectivity index (χ4v) is 2.97. The molecule has 0 bridgehead atoms. The van der Waals surface area contributed by atoms with Crippen molar-refractivity contribution in [3.8, 4) is 0 Å². The first-order valence-electron chi connectivity index (χ1n) is 7.24. The Morgan fingerprint density at radius 2 is 1.95 bits per heavy atom. The first-order valence-corrected chi connectivity index (χ1v) is 8.03. The summed E-state index contributed by atoms with van der Waals surface area (Å²) in [5, 5.41) is 0. The Bertz CT molecular complexity index is 379. The number of benzene rings is 1. The molecule has 2 N–H and O–H groups in total. The van der Waals surface area contributed by atoms with Gasteiger partial charge in [-0.15, -0.1) is 0 Å². The number of halogens is 1. The highest BCUT2D eigenvalue weighted by atomic mass is 79.9. The van der Waals surface area contributed by atoms with Gasteiger partial charge in [0.25, 0.3) is 0 Å². The number of hydrogen-bond acceptors (Lipinski definition) is 2. The van der Waals surface area contributed by atoms with Crippen molar-refractivity contribution in [2.75, 3.05) is 13.1 Å². The molecule has 1 aromatic carbocycles. The molecule has 0 spiro atoms. The lowest BCUT2D eigenvalue weighted by atomic mass is 9.95. The minimum atomic E-state index is 0.174. The molecule has 0 aliphatic rings. The number of rotatable bonds is 7. The summed E-state index contributed by atoms with van der Waals surface area (Å²) >= 11 is 3.56. The van der Waals surface area contributed by atoms with E-state index >= 15 is 0 Å². The van der Waals surface area contributed by atoms with E-state index in [1.54, 1.807) is 0 Å². The number of likely N-dealkylation sites (N-methyl/N-ethyl adjacent to an activating group) is 1. The van der Waals surface area contributed by atoms with Gasteiger partial charge in [0.1, 0.15) is 0 Å². The van der Waals surface area contributed by atoms with Gasteiger partial charge in [-0.3, -0.25) is 4.90 Å². The molecule has 1 rings (SSSR count). The van der Waals surface area contributed by atoms with E-state index in [0.717, 1.165) is 24.0 Å². The van der Waals surface area contributed by atoms with E-state index in [4.69, 9.17) is 5.73 Å². The molecule has 2 atom stereocenters. The Morgan fingerprint density at radius 1 is 1.26 bits per heavy atom. The lowest BCUT2D eigenvalue weighted by Gasteiger charge is -2.36. The normalized spacial score (nSPS) is 14.9. The van der Waals surface area contributed by atoms with E-state index in [1.807, 2.05) is 0 Å². The van der Waals surface area contributed by atoms with Gasteiger partial charge < -0.3 is 5.73 Å². The van der Waals surface area contributed by atoms with E-state index in [9.17, 15) is 0 Å². The molecule has 0 radical (unpaired) electrons. The van der Waals surface area contributed by atoms with Gasteiger partial charge in [0.2, 0.25) is 0 Å². The Balaban J connectivity index is 3.05. The second-order valence-electron chi connectivity index (χ2n) is 5.55. The van der Waals surface area contributed by atoms with Crippen LogP contribution in [0.4, 0.5) is 0 Å². The smallest absolute Gasteiger partial charge is 0.0499 e. The van der Waals surface area contributed by atoms with Crippen LogP contribution in [-0.2, 0) is 0 Å². The van der Waals surface area contributed by atoms with Crippen molar-refractivity contribution in [2.45, 2.75) is 46.2 Å². The lowest BCUT2D eigenvalue weighted by molar-refractivity contribution is 0.159. The van der Waals surface area contributed by atoms with Crippen LogP contribution in [0.5, 0.6) is 0 Å². The van der Waals surface area contributed by atoms with Crippen molar-refractivity contribution in [3.63, 3.8) is 0 Å². The van der Waals surface area contributed by atoms with Crippen LogP contribution >= 0.6 is 15.9 Å². The van der Waals surface area contributed by atoms with Gasteiger partial charge >= 0.3 is 0 Å². The fraction of sp³-hybridized carbons (Fsp3) is 0.625. The molecule has 2 unspecified atom stereocenters. The largest absolute Gasteiger partial charge is 0.326 e. The van der Waals surface area contributed by atoms with E-state index in [1.165, 1.54) is 5.56 Å². The summed E-state index contributed by atoms with van der Waals surface area (Å²) in [5.41, 5.74) is 7.71. The average Bonchev–Trinajstić information content (AvgIpc) is 2.37. The summed E-state index contributed by atoms with van der Waals surface area (Å²) in [6.45, 7) is 11.0. The molecule has 19 heavy (non-hydrogen) atoms. The van der Waals surface area contributed by atoms with Gasteiger partial charge in [0.05, 0.1) is 0 Å². The van der Waals surface area contributed by atoms with Crippen molar-refractivity contribution < 1.29 is 0 Å². The van der Waals surface area contributed by atoms with Gasteiger partial charge in [0, 0.05) is 23.1 Å². The van der Waals surface area contributed by atoms with Crippen molar-refractivity contribution in [3.05, 3.63) is 34.3 Å². The molecule has 0 amide bonds. The SMILES string of the molecule is CCC(N)C(c1cccc(Br)c1)N(CC)CC(C)C. The molecular formula is C16H27BrN2. The summed E-state index contributed by atoms with van der Waals surface area (Å²) in [6.07, 6.45) is 0.992. The summed E-state index contributed by atoms with van der Waals surface area (Å²) < 4.78 is 1.12. The zero-order valence-electron chi connectivity index (χ0n) is 12.6. The topological polar surface area (TPSA) is 29.3 Å². The van der Waals surface area contributed by atoms with Crippen molar-refractivity contribution in [2.24, 2.45) is 11.7 Å². The third kappa shape index (κ3) is 4.90. The molecule has 2 nitrogen and oxygen atoms in total. The van der Waals surface area contributed by atoms with Crippen LogP contribution in [0.1, 0.15) is 45.7 Å². The van der Waals surface area contributed by atoms with E-state index in [-0.39, 0.29) is 6.04 Å². The third-order valence-corrected chi connectivity index (χ3v) is 3.96. The lowest BCUT2D eigenvalue weighted by Crippen LogP contribution is -2.42. The standard InChI is InChI=1S/C16H27BrN2/c1-5-15(18)16(19(6-2)11-12(3)4)13-8-7-9-14(17)10-13/h7-10,12,15-16H,5-6,11,18H2,1-4H3. The molecule has 0 saturated carbocycles. The molecule has 0 saturated heterocycles. The van der Waals surface area contributed by atoms with Crippen LogP contribution in [0.3, 0.4) is 0 Å². The van der Waals surface area contributed by atoms with Gasteiger partial charge in [-0.25, -0.2) is 0 Å². The zero-order valence-corrected chi connectivity index (χ0v) is 14.2. The van der Waals surface area contributed by atoms with Gasteiger partial charge in [0.15, 0.2) is 0 Å². The van der Waals surface area contributed by atoms with Crippen LogP contribution in [0.2, 0.25) is 0 Å². The summed E-state index contributed by atoms with van der Waals surface area (Å²) in [4.78, 5) is 2.50. The van der Waals surface area contributed by atoms with Gasteiger partial charge in [-0.1, -0.05) is 55.8 Å². The minimum absolute atomic E-state index is 0.174. The Kier molecular flexibility index (Phi) is 7.05. The van der Waals surface area contributed by atoms with Crippen LogP contribution in [-0.4, -0.2) is 24.0 Å². The predicted molar refractivity (Wildman–Crippen MR) is 87.2 cm³/mol. The maximum absolute atomic E-state index is 6.39. The predicted octanol–water partition coefficient (Wildman–Crippen LogP) is 4.21. The van der Waals surface area contributed by atoms with E-state index in [2.05, 4.69) is 72.8 Å². The fourth-order valence-electron chi connectivity index (χ4n) is 2.55. The van der Waals surface area contributed by atoms with Crippen LogP contribution in [0.15, 0.2) is 28.7 Å². The van der Waals surface area contributed by atoms with Crippen LogP contribution < -0.4 is 5.73 Å². The third-order valence-electron chi connectivity index (χ3n) is 3.47. The molecule has 3 heteroatoms. The Labute approximate surface area is 126 Å². The van der Waals surface area contributed by atoms with Crippen LogP contribution in [0, 0.1) is 5.92 Å². The van der Waals surface area contributed by atoms with E-state index < -0.39 is 0 Å². The summed E-state index contributed by atoms with van der Waals surface area (Å²) in [7, 11) is 0. The molecule has 0 fully saturated rings. The summed E-state index contributed by atoms with van der Waals surface area (Å²) in [6, 6.07) is 9.02. The zero-order chi connectivity index (χ0) is 14.4.